The maximum atomic E-state index is 9.37. The van der Waals surface area contributed by atoms with E-state index >= 15 is 0 Å². The minimum atomic E-state index is 0.228. The fraction of sp³-hybridized carbons (Fsp3) is 0.583. The van der Waals surface area contributed by atoms with Gasteiger partial charge in [-0.15, -0.1) is 0 Å². The topological polar surface area (TPSA) is 74.4 Å². The second-order valence-electron chi connectivity index (χ2n) is 4.46. The van der Waals surface area contributed by atoms with Crippen LogP contribution in [-0.4, -0.2) is 34.2 Å². The molecule has 4 N–H and O–H groups in total. The minimum absolute atomic E-state index is 0.228. The van der Waals surface area contributed by atoms with Gasteiger partial charge in [0.2, 0.25) is 0 Å². The summed E-state index contributed by atoms with van der Waals surface area (Å²) in [7, 11) is 0. The Hall–Kier alpha value is -1.17. The number of nitrogen functional groups attached to an aromatic ring is 1. The Kier molecular flexibility index (Phi) is 4.30. The van der Waals surface area contributed by atoms with Crippen LogP contribution in [0, 0.1) is 0 Å². The Bertz CT molecular complexity index is 358. The zero-order valence-electron chi connectivity index (χ0n) is 9.97. The molecule has 1 aliphatic heterocycles. The number of hydrazine groups is 1. The van der Waals surface area contributed by atoms with E-state index in [0.717, 1.165) is 30.9 Å². The van der Waals surface area contributed by atoms with Crippen LogP contribution in [0.4, 0.5) is 5.82 Å². The summed E-state index contributed by atoms with van der Waals surface area (Å²) >= 11 is 0. The number of nitrogens with zero attached hydrogens (tertiary/aromatic N) is 2. The van der Waals surface area contributed by atoms with E-state index in [1.165, 1.54) is 12.8 Å². The number of rotatable bonds is 4. The van der Waals surface area contributed by atoms with Crippen molar-refractivity contribution in [2.24, 2.45) is 5.84 Å². The maximum Gasteiger partial charge on any atom is 0.144 e. The summed E-state index contributed by atoms with van der Waals surface area (Å²) in [4.78, 5) is 6.50. The Morgan fingerprint density at radius 1 is 1.53 bits per heavy atom. The number of nitrogens with one attached hydrogen (secondary N) is 1. The Balaban J connectivity index is 2.08. The number of aromatic nitrogens is 1. The van der Waals surface area contributed by atoms with Crippen LogP contribution < -0.4 is 11.3 Å². The Morgan fingerprint density at radius 2 is 2.41 bits per heavy atom. The zero-order chi connectivity index (χ0) is 12.1. The van der Waals surface area contributed by atoms with Crippen molar-refractivity contribution in [3.8, 4) is 0 Å². The van der Waals surface area contributed by atoms with Crippen LogP contribution in [0.25, 0.3) is 0 Å². The zero-order valence-corrected chi connectivity index (χ0v) is 9.97. The molecular weight excluding hydrogens is 216 g/mol. The summed E-state index contributed by atoms with van der Waals surface area (Å²) < 4.78 is 0. The Morgan fingerprint density at radius 3 is 3.18 bits per heavy atom. The summed E-state index contributed by atoms with van der Waals surface area (Å²) in [5.41, 5.74) is 3.70. The molecule has 0 bridgehead atoms. The van der Waals surface area contributed by atoms with Gasteiger partial charge in [0, 0.05) is 24.3 Å². The molecule has 0 radical (unpaired) electrons. The summed E-state index contributed by atoms with van der Waals surface area (Å²) in [6.45, 7) is 2.05. The van der Waals surface area contributed by atoms with E-state index in [4.69, 9.17) is 5.84 Å². The first-order chi connectivity index (χ1) is 8.35. The molecule has 5 heteroatoms. The highest BCUT2D eigenvalue weighted by Gasteiger charge is 2.22. The van der Waals surface area contributed by atoms with Crippen LogP contribution in [0.3, 0.4) is 0 Å². The molecule has 2 rings (SSSR count). The molecule has 2 heterocycles. The molecule has 1 unspecified atom stereocenters. The van der Waals surface area contributed by atoms with Gasteiger partial charge in [-0.05, 0) is 25.5 Å². The van der Waals surface area contributed by atoms with Crippen molar-refractivity contribution in [2.75, 3.05) is 18.6 Å². The van der Waals surface area contributed by atoms with Gasteiger partial charge in [-0.25, -0.2) is 10.8 Å². The molecule has 1 saturated heterocycles. The summed E-state index contributed by atoms with van der Waals surface area (Å²) in [5, 5.41) is 9.37. The van der Waals surface area contributed by atoms with Crippen molar-refractivity contribution < 1.29 is 5.11 Å². The van der Waals surface area contributed by atoms with Crippen LogP contribution in [0.15, 0.2) is 18.3 Å². The molecule has 0 spiro atoms. The largest absolute Gasteiger partial charge is 0.395 e. The molecule has 1 fully saturated rings. The average molecular weight is 236 g/mol. The number of piperidine rings is 1. The first-order valence-electron chi connectivity index (χ1n) is 6.10. The van der Waals surface area contributed by atoms with Crippen LogP contribution in [0.2, 0.25) is 0 Å². The van der Waals surface area contributed by atoms with Crippen LogP contribution in [-0.2, 0) is 6.54 Å². The molecule has 1 aliphatic rings. The van der Waals surface area contributed by atoms with Crippen molar-refractivity contribution in [1.82, 2.24) is 9.88 Å². The number of aliphatic hydroxyl groups excluding tert-OH is 1. The quantitative estimate of drug-likeness (QED) is 0.530. The normalized spacial score (nSPS) is 21.4. The van der Waals surface area contributed by atoms with Crippen molar-refractivity contribution in [3.05, 3.63) is 23.9 Å². The molecule has 94 valence electrons. The molecule has 1 aromatic rings. The van der Waals surface area contributed by atoms with Crippen LogP contribution >= 0.6 is 0 Å². The Labute approximate surface area is 102 Å². The van der Waals surface area contributed by atoms with Crippen molar-refractivity contribution in [1.29, 1.82) is 0 Å². The lowest BCUT2D eigenvalue weighted by atomic mass is 10.0. The standard InChI is InChI=1S/C12H20N4O/c13-15-12-10(4-3-6-14-12)8-16-7-2-1-5-11(16)9-17/h3-4,6,11,17H,1-2,5,7-9,13H2,(H,14,15). The number of hydrogen-bond acceptors (Lipinski definition) is 5. The second kappa shape index (κ2) is 5.95. The smallest absolute Gasteiger partial charge is 0.144 e. The molecule has 17 heavy (non-hydrogen) atoms. The van der Waals surface area contributed by atoms with Gasteiger partial charge in [-0.2, -0.15) is 0 Å². The number of likely N-dealkylation sites (tertiary alicyclic amines) is 1. The maximum absolute atomic E-state index is 9.37. The van der Waals surface area contributed by atoms with E-state index < -0.39 is 0 Å². The predicted octanol–water partition coefficient (Wildman–Crippen LogP) is 0.714. The van der Waals surface area contributed by atoms with Crippen LogP contribution in [0.1, 0.15) is 24.8 Å². The van der Waals surface area contributed by atoms with E-state index in [9.17, 15) is 5.11 Å². The van der Waals surface area contributed by atoms with Crippen molar-refractivity contribution >= 4 is 5.82 Å². The number of hydrogen-bond donors (Lipinski definition) is 3. The van der Waals surface area contributed by atoms with E-state index in [-0.39, 0.29) is 12.6 Å². The fourth-order valence-electron chi connectivity index (χ4n) is 2.39. The first-order valence-corrected chi connectivity index (χ1v) is 6.10. The number of pyridine rings is 1. The molecule has 5 nitrogen and oxygen atoms in total. The van der Waals surface area contributed by atoms with Gasteiger partial charge in [0.1, 0.15) is 5.82 Å². The van der Waals surface area contributed by atoms with Crippen LogP contribution in [0.5, 0.6) is 0 Å². The highest BCUT2D eigenvalue weighted by molar-refractivity contribution is 5.42. The highest BCUT2D eigenvalue weighted by atomic mass is 16.3. The lowest BCUT2D eigenvalue weighted by molar-refractivity contribution is 0.0842. The summed E-state index contributed by atoms with van der Waals surface area (Å²) in [5.74, 6) is 6.16. The third-order valence-corrected chi connectivity index (χ3v) is 3.36. The van der Waals surface area contributed by atoms with Crippen molar-refractivity contribution in [3.63, 3.8) is 0 Å². The van der Waals surface area contributed by atoms with Gasteiger partial charge in [-0.3, -0.25) is 4.90 Å². The highest BCUT2D eigenvalue weighted by Crippen LogP contribution is 2.21. The molecule has 0 aromatic carbocycles. The SMILES string of the molecule is NNc1ncccc1CN1CCCCC1CO. The van der Waals surface area contributed by atoms with E-state index in [0.29, 0.717) is 0 Å². The minimum Gasteiger partial charge on any atom is -0.395 e. The van der Waals surface area contributed by atoms with Gasteiger partial charge in [0.25, 0.3) is 0 Å². The summed E-state index contributed by atoms with van der Waals surface area (Å²) in [6.07, 6.45) is 5.19. The number of aliphatic hydroxyl groups is 1. The third-order valence-electron chi connectivity index (χ3n) is 3.36. The van der Waals surface area contributed by atoms with Gasteiger partial charge in [0.05, 0.1) is 6.61 Å². The van der Waals surface area contributed by atoms with Gasteiger partial charge < -0.3 is 10.5 Å². The van der Waals surface area contributed by atoms with E-state index in [1.807, 2.05) is 12.1 Å². The summed E-state index contributed by atoms with van der Waals surface area (Å²) in [6, 6.07) is 4.20. The lowest BCUT2D eigenvalue weighted by Gasteiger charge is -2.34. The first kappa shape index (κ1) is 12.3. The second-order valence-corrected chi connectivity index (χ2v) is 4.46. The predicted molar refractivity (Wildman–Crippen MR) is 67.2 cm³/mol. The number of anilines is 1. The molecule has 0 saturated carbocycles. The molecule has 0 aliphatic carbocycles. The molecule has 1 atom stereocenters. The van der Waals surface area contributed by atoms with Gasteiger partial charge in [0.15, 0.2) is 0 Å². The third kappa shape index (κ3) is 2.94. The van der Waals surface area contributed by atoms with Gasteiger partial charge >= 0.3 is 0 Å². The molecule has 0 amide bonds. The van der Waals surface area contributed by atoms with E-state index in [1.54, 1.807) is 6.20 Å². The monoisotopic (exact) mass is 236 g/mol. The van der Waals surface area contributed by atoms with Gasteiger partial charge in [-0.1, -0.05) is 12.5 Å². The average Bonchev–Trinajstić information content (AvgIpc) is 2.40. The number of nitrogens with two attached hydrogens (primary N) is 1. The lowest BCUT2D eigenvalue weighted by Crippen LogP contribution is -2.41. The molecular formula is C12H20N4O. The fourth-order valence-corrected chi connectivity index (χ4v) is 2.39. The van der Waals surface area contributed by atoms with Crippen molar-refractivity contribution in [2.45, 2.75) is 31.8 Å². The van der Waals surface area contributed by atoms with E-state index in [2.05, 4.69) is 15.3 Å². The molecule has 1 aromatic heterocycles.